The number of hydrogen-bond donors (Lipinski definition) is 1. The summed E-state index contributed by atoms with van der Waals surface area (Å²) in [6.45, 7) is 0. The van der Waals surface area contributed by atoms with E-state index in [1.54, 1.807) is 0 Å². The molecular weight excluding hydrogens is 689 g/mol. The Hall–Kier alpha value is -7.42. The fourth-order valence-electron chi connectivity index (χ4n) is 9.15. The van der Waals surface area contributed by atoms with Gasteiger partial charge >= 0.3 is 0 Å². The Bertz CT molecular complexity index is 3060. The zero-order valence-corrected chi connectivity index (χ0v) is 31.3. The van der Waals surface area contributed by atoms with E-state index in [1.807, 2.05) is 0 Å². The summed E-state index contributed by atoms with van der Waals surface area (Å²) in [6, 6.07) is 79.4. The molecule has 2 nitrogen and oxygen atoms in total. The molecule has 268 valence electrons. The van der Waals surface area contributed by atoms with Crippen molar-refractivity contribution in [3.05, 3.63) is 246 Å². The van der Waals surface area contributed by atoms with Crippen molar-refractivity contribution in [2.45, 2.75) is 6.04 Å². The fraction of sp³-hybridized carbons (Fsp3) is 0.0182. The number of benzene rings is 9. The van der Waals surface area contributed by atoms with Crippen molar-refractivity contribution in [3.8, 4) is 5.69 Å². The Kier molecular flexibility index (Phi) is 7.93. The number of dihydropyridines is 1. The number of fused-ring (bicyclic) bond motifs is 7. The van der Waals surface area contributed by atoms with E-state index in [9.17, 15) is 0 Å². The molecule has 0 fully saturated rings. The van der Waals surface area contributed by atoms with Crippen LogP contribution in [0.25, 0.3) is 71.5 Å². The summed E-state index contributed by atoms with van der Waals surface area (Å²) in [7, 11) is 0. The van der Waals surface area contributed by atoms with E-state index < -0.39 is 0 Å². The van der Waals surface area contributed by atoms with Crippen LogP contribution < -0.4 is 5.32 Å². The van der Waals surface area contributed by atoms with E-state index in [0.717, 1.165) is 16.9 Å². The molecule has 0 saturated heterocycles. The smallest absolute Gasteiger partial charge is 0.0779 e. The zero-order valence-electron chi connectivity index (χ0n) is 31.3. The van der Waals surface area contributed by atoms with Crippen LogP contribution in [0, 0.1) is 0 Å². The Morgan fingerprint density at radius 1 is 0.351 bits per heavy atom. The van der Waals surface area contributed by atoms with Gasteiger partial charge in [0, 0.05) is 22.0 Å². The number of rotatable bonds is 6. The SMILES string of the molecule is c1ccc(C2=C(c3ccccc3)C(c3ccc(-n4c5ccc6ccccc6c5c5c6ccccc6ccc54)cc3)=C(c3ccccc3)C(c3ccccc3)N2)cc1. The monoisotopic (exact) mass is 726 g/mol. The van der Waals surface area contributed by atoms with Crippen LogP contribution >= 0.6 is 0 Å². The molecule has 10 aromatic rings. The summed E-state index contributed by atoms with van der Waals surface area (Å²) < 4.78 is 2.46. The van der Waals surface area contributed by atoms with Gasteiger partial charge in [-0.25, -0.2) is 0 Å². The van der Waals surface area contributed by atoms with Gasteiger partial charge in [-0.05, 0) is 84.8 Å². The molecule has 0 bridgehead atoms. The van der Waals surface area contributed by atoms with Gasteiger partial charge in [-0.15, -0.1) is 0 Å². The van der Waals surface area contributed by atoms with Crippen molar-refractivity contribution in [2.75, 3.05) is 0 Å². The molecule has 1 aromatic heterocycles. The maximum absolute atomic E-state index is 4.10. The molecule has 57 heavy (non-hydrogen) atoms. The Morgan fingerprint density at radius 2 is 0.807 bits per heavy atom. The summed E-state index contributed by atoms with van der Waals surface area (Å²) in [6.07, 6.45) is 0. The van der Waals surface area contributed by atoms with E-state index in [1.165, 1.54) is 82.3 Å². The van der Waals surface area contributed by atoms with Crippen LogP contribution in [0.5, 0.6) is 0 Å². The molecule has 2 heterocycles. The lowest BCUT2D eigenvalue weighted by molar-refractivity contribution is 0.787. The number of nitrogens with zero attached hydrogens (tertiary/aromatic N) is 1. The molecule has 0 saturated carbocycles. The average Bonchev–Trinajstić information content (AvgIpc) is 3.65. The highest BCUT2D eigenvalue weighted by Crippen LogP contribution is 2.50. The van der Waals surface area contributed by atoms with Crippen molar-refractivity contribution < 1.29 is 0 Å². The van der Waals surface area contributed by atoms with Crippen LogP contribution in [0.3, 0.4) is 0 Å². The maximum Gasteiger partial charge on any atom is 0.0779 e. The van der Waals surface area contributed by atoms with Gasteiger partial charge in [-0.2, -0.15) is 0 Å². The minimum Gasteiger partial charge on any atom is -0.373 e. The molecule has 9 aromatic carbocycles. The minimum atomic E-state index is -0.0927. The molecule has 1 atom stereocenters. The first-order valence-electron chi connectivity index (χ1n) is 19.7. The van der Waals surface area contributed by atoms with Gasteiger partial charge in [0.1, 0.15) is 0 Å². The van der Waals surface area contributed by atoms with E-state index in [-0.39, 0.29) is 6.04 Å². The van der Waals surface area contributed by atoms with Gasteiger partial charge in [0.2, 0.25) is 0 Å². The standard InChI is InChI=1S/C55H38N2/c1-5-19-39(20-6-1)50-49(51(40-21-7-2-8-22-40)55(43-25-11-4-12-26-43)56-54(50)42-23-9-3-10-24-42)41-29-33-44(34-30-41)57-47-35-31-37-17-13-15-27-45(37)52(47)53-46-28-16-14-18-38(46)32-36-48(53)57/h1-36,54,56H. The largest absolute Gasteiger partial charge is 0.373 e. The van der Waals surface area contributed by atoms with Crippen LogP contribution in [0.1, 0.15) is 33.9 Å². The normalized spacial score (nSPS) is 14.5. The predicted molar refractivity (Wildman–Crippen MR) is 241 cm³/mol. The first-order chi connectivity index (χ1) is 28.3. The molecule has 0 amide bonds. The molecule has 1 aliphatic rings. The summed E-state index contributed by atoms with van der Waals surface area (Å²) in [5, 5.41) is 11.7. The highest BCUT2D eigenvalue weighted by Gasteiger charge is 2.33. The van der Waals surface area contributed by atoms with Crippen molar-refractivity contribution in [1.29, 1.82) is 0 Å². The first-order valence-corrected chi connectivity index (χ1v) is 19.7. The van der Waals surface area contributed by atoms with Gasteiger partial charge in [-0.1, -0.05) is 194 Å². The van der Waals surface area contributed by atoms with Crippen LogP contribution in [0.2, 0.25) is 0 Å². The molecule has 0 aliphatic carbocycles. The van der Waals surface area contributed by atoms with Crippen molar-refractivity contribution in [2.24, 2.45) is 0 Å². The van der Waals surface area contributed by atoms with Gasteiger partial charge in [-0.3, -0.25) is 0 Å². The third-order valence-corrected chi connectivity index (χ3v) is 11.6. The van der Waals surface area contributed by atoms with Gasteiger partial charge < -0.3 is 9.88 Å². The Morgan fingerprint density at radius 3 is 1.37 bits per heavy atom. The Labute approximate surface area is 332 Å². The maximum atomic E-state index is 4.10. The Balaban J connectivity index is 1.20. The zero-order chi connectivity index (χ0) is 37.7. The van der Waals surface area contributed by atoms with Crippen LogP contribution in [-0.4, -0.2) is 4.57 Å². The lowest BCUT2D eigenvalue weighted by Gasteiger charge is -2.36. The predicted octanol–water partition coefficient (Wildman–Crippen LogP) is 13.9. The first kappa shape index (κ1) is 33.0. The third kappa shape index (κ3) is 5.49. The second-order valence-corrected chi connectivity index (χ2v) is 14.9. The van der Waals surface area contributed by atoms with Crippen molar-refractivity contribution in [1.82, 2.24) is 9.88 Å². The second kappa shape index (κ2) is 13.7. The summed E-state index contributed by atoms with van der Waals surface area (Å²) in [5.74, 6) is 0. The van der Waals surface area contributed by atoms with Gasteiger partial charge in [0.25, 0.3) is 0 Å². The van der Waals surface area contributed by atoms with E-state index in [0.29, 0.717) is 0 Å². The van der Waals surface area contributed by atoms with Crippen LogP contribution in [-0.2, 0) is 0 Å². The molecule has 0 spiro atoms. The second-order valence-electron chi connectivity index (χ2n) is 14.9. The number of hydrogen-bond acceptors (Lipinski definition) is 1. The summed E-state index contributed by atoms with van der Waals surface area (Å²) >= 11 is 0. The molecule has 0 radical (unpaired) electrons. The summed E-state index contributed by atoms with van der Waals surface area (Å²) in [5.41, 5.74) is 14.2. The number of aromatic nitrogens is 1. The summed E-state index contributed by atoms with van der Waals surface area (Å²) in [4.78, 5) is 0. The lowest BCUT2D eigenvalue weighted by Crippen LogP contribution is -2.27. The van der Waals surface area contributed by atoms with Crippen molar-refractivity contribution in [3.63, 3.8) is 0 Å². The van der Waals surface area contributed by atoms with Gasteiger partial charge in [0.15, 0.2) is 0 Å². The van der Waals surface area contributed by atoms with E-state index in [4.69, 9.17) is 0 Å². The van der Waals surface area contributed by atoms with Gasteiger partial charge in [0.05, 0.1) is 22.8 Å². The topological polar surface area (TPSA) is 17.0 Å². The lowest BCUT2D eigenvalue weighted by atomic mass is 9.77. The highest BCUT2D eigenvalue weighted by molar-refractivity contribution is 6.28. The molecule has 11 rings (SSSR count). The van der Waals surface area contributed by atoms with Crippen LogP contribution in [0.4, 0.5) is 0 Å². The molecule has 1 N–H and O–H groups in total. The number of allylic oxidation sites excluding steroid dienone is 2. The molecular formula is C55H38N2. The van der Waals surface area contributed by atoms with E-state index >= 15 is 0 Å². The molecule has 2 heteroatoms. The van der Waals surface area contributed by atoms with Crippen LogP contribution in [0.15, 0.2) is 218 Å². The number of nitrogens with one attached hydrogen (secondary N) is 1. The molecule has 1 unspecified atom stereocenters. The van der Waals surface area contributed by atoms with E-state index in [2.05, 4.69) is 228 Å². The average molecular weight is 727 g/mol. The quantitative estimate of drug-likeness (QED) is 0.181. The molecule has 1 aliphatic heterocycles. The third-order valence-electron chi connectivity index (χ3n) is 11.6. The minimum absolute atomic E-state index is 0.0927. The highest BCUT2D eigenvalue weighted by atomic mass is 15.0. The fourth-order valence-corrected chi connectivity index (χ4v) is 9.15. The van der Waals surface area contributed by atoms with Crippen molar-refractivity contribution >= 4 is 65.8 Å².